The summed E-state index contributed by atoms with van der Waals surface area (Å²) in [5, 5.41) is 0. The van der Waals surface area contributed by atoms with E-state index >= 15 is 0 Å². The largest absolute Gasteiger partial charge is 0.493 e. The van der Waals surface area contributed by atoms with Crippen LogP contribution in [-0.4, -0.2) is 25.7 Å². The predicted octanol–water partition coefficient (Wildman–Crippen LogP) is 1.40. The van der Waals surface area contributed by atoms with Crippen LogP contribution in [0.15, 0.2) is 18.2 Å². The fourth-order valence-corrected chi connectivity index (χ4v) is 1.29. The molecule has 4 nitrogen and oxygen atoms in total. The Morgan fingerprint density at radius 3 is 2.88 bits per heavy atom. The molecule has 0 aliphatic carbocycles. The zero-order valence-electron chi connectivity index (χ0n) is 9.90. The first-order valence-corrected chi connectivity index (χ1v) is 5.27. The average molecular weight is 241 g/mol. The van der Waals surface area contributed by atoms with Gasteiger partial charge in [0, 0.05) is 12.5 Å². The lowest BCUT2D eigenvalue weighted by Crippen LogP contribution is -2.33. The molecule has 0 bridgehead atoms. The van der Waals surface area contributed by atoms with Crippen LogP contribution in [0.1, 0.15) is 12.0 Å². The number of aryl methyl sites for hydroxylation is 1. The first-order chi connectivity index (χ1) is 8.04. The monoisotopic (exact) mass is 241 g/mol. The zero-order valence-corrected chi connectivity index (χ0v) is 9.90. The number of hydrogen-bond donors (Lipinski definition) is 1. The van der Waals surface area contributed by atoms with Crippen molar-refractivity contribution in [1.82, 2.24) is 0 Å². The second kappa shape index (κ2) is 6.20. The van der Waals surface area contributed by atoms with E-state index in [9.17, 15) is 9.18 Å². The summed E-state index contributed by atoms with van der Waals surface area (Å²) < 4.78 is 22.8. The molecule has 0 fully saturated rings. The molecule has 0 amide bonds. The number of rotatable bonds is 5. The van der Waals surface area contributed by atoms with Crippen LogP contribution in [0.4, 0.5) is 4.39 Å². The minimum Gasteiger partial charge on any atom is -0.493 e. The summed E-state index contributed by atoms with van der Waals surface area (Å²) in [4.78, 5) is 11.0. The molecule has 0 spiro atoms. The standard InChI is InChI=1S/C12H16FNO3/c1-8-3-4-9(13)7-11(8)17-6-5-10(14)12(15)16-2/h3-4,7,10H,5-6,14H2,1-2H3. The highest BCUT2D eigenvalue weighted by molar-refractivity contribution is 5.75. The van der Waals surface area contributed by atoms with Gasteiger partial charge in [-0.05, 0) is 18.6 Å². The molecule has 1 atom stereocenters. The minimum absolute atomic E-state index is 0.237. The third kappa shape index (κ3) is 4.03. The second-order valence-electron chi connectivity index (χ2n) is 3.68. The van der Waals surface area contributed by atoms with E-state index in [2.05, 4.69) is 4.74 Å². The van der Waals surface area contributed by atoms with E-state index in [1.807, 2.05) is 6.92 Å². The molecule has 1 aromatic carbocycles. The number of nitrogens with two attached hydrogens (primary N) is 1. The van der Waals surface area contributed by atoms with Crippen molar-refractivity contribution >= 4 is 5.97 Å². The van der Waals surface area contributed by atoms with Crippen molar-refractivity contribution in [3.8, 4) is 5.75 Å². The first kappa shape index (κ1) is 13.4. The van der Waals surface area contributed by atoms with E-state index in [-0.39, 0.29) is 12.4 Å². The van der Waals surface area contributed by atoms with Crippen molar-refractivity contribution in [2.45, 2.75) is 19.4 Å². The van der Waals surface area contributed by atoms with Gasteiger partial charge >= 0.3 is 5.97 Å². The molecule has 1 rings (SSSR count). The Morgan fingerprint density at radius 2 is 2.24 bits per heavy atom. The SMILES string of the molecule is COC(=O)C(N)CCOc1cc(F)ccc1C. The van der Waals surface area contributed by atoms with Crippen molar-refractivity contribution in [2.75, 3.05) is 13.7 Å². The number of esters is 1. The van der Waals surface area contributed by atoms with Crippen molar-refractivity contribution in [1.29, 1.82) is 0 Å². The van der Waals surface area contributed by atoms with Gasteiger partial charge in [-0.3, -0.25) is 4.79 Å². The molecule has 2 N–H and O–H groups in total. The van der Waals surface area contributed by atoms with E-state index in [1.54, 1.807) is 6.07 Å². The predicted molar refractivity (Wildman–Crippen MR) is 61.2 cm³/mol. The minimum atomic E-state index is -0.714. The molecule has 0 aromatic heterocycles. The molecule has 5 heteroatoms. The van der Waals surface area contributed by atoms with Gasteiger partial charge in [0.25, 0.3) is 0 Å². The van der Waals surface area contributed by atoms with Gasteiger partial charge in [0.05, 0.1) is 13.7 Å². The molecular formula is C12H16FNO3. The molecule has 0 saturated heterocycles. The molecule has 17 heavy (non-hydrogen) atoms. The lowest BCUT2D eigenvalue weighted by Gasteiger charge is -2.12. The maximum atomic E-state index is 12.9. The summed E-state index contributed by atoms with van der Waals surface area (Å²) in [7, 11) is 1.28. The molecule has 0 radical (unpaired) electrons. The molecule has 1 aromatic rings. The van der Waals surface area contributed by atoms with Crippen LogP contribution in [-0.2, 0) is 9.53 Å². The highest BCUT2D eigenvalue weighted by Crippen LogP contribution is 2.18. The van der Waals surface area contributed by atoms with Gasteiger partial charge in [0.15, 0.2) is 0 Å². The Bertz CT molecular complexity index is 395. The third-order valence-electron chi connectivity index (χ3n) is 2.34. The third-order valence-corrected chi connectivity index (χ3v) is 2.34. The lowest BCUT2D eigenvalue weighted by molar-refractivity contribution is -0.142. The van der Waals surface area contributed by atoms with Gasteiger partial charge in [0.2, 0.25) is 0 Å². The summed E-state index contributed by atoms with van der Waals surface area (Å²) >= 11 is 0. The van der Waals surface area contributed by atoms with E-state index in [4.69, 9.17) is 10.5 Å². The fourth-order valence-electron chi connectivity index (χ4n) is 1.29. The zero-order chi connectivity index (χ0) is 12.8. The van der Waals surface area contributed by atoms with Gasteiger partial charge in [-0.2, -0.15) is 0 Å². The van der Waals surface area contributed by atoms with Crippen molar-refractivity contribution in [3.63, 3.8) is 0 Å². The molecule has 0 heterocycles. The van der Waals surface area contributed by atoms with E-state index in [0.29, 0.717) is 12.2 Å². The normalized spacial score (nSPS) is 12.0. The second-order valence-corrected chi connectivity index (χ2v) is 3.68. The Kier molecular flexibility index (Phi) is 4.90. The Hall–Kier alpha value is -1.62. The van der Waals surface area contributed by atoms with Crippen LogP contribution in [0, 0.1) is 12.7 Å². The highest BCUT2D eigenvalue weighted by Gasteiger charge is 2.13. The summed E-state index contributed by atoms with van der Waals surface area (Å²) in [6.07, 6.45) is 0.322. The Balaban J connectivity index is 2.45. The van der Waals surface area contributed by atoms with Crippen LogP contribution >= 0.6 is 0 Å². The summed E-state index contributed by atoms with van der Waals surface area (Å²) in [5.74, 6) is -0.380. The van der Waals surface area contributed by atoms with Crippen LogP contribution < -0.4 is 10.5 Å². The number of carbonyl (C=O) groups is 1. The number of hydrogen-bond acceptors (Lipinski definition) is 4. The molecule has 1 unspecified atom stereocenters. The maximum Gasteiger partial charge on any atom is 0.322 e. The van der Waals surface area contributed by atoms with Gasteiger partial charge in [-0.15, -0.1) is 0 Å². The smallest absolute Gasteiger partial charge is 0.322 e. The Labute approximate surface area is 99.5 Å². The average Bonchev–Trinajstić information content (AvgIpc) is 2.32. The number of benzene rings is 1. The van der Waals surface area contributed by atoms with Crippen molar-refractivity contribution in [3.05, 3.63) is 29.6 Å². The van der Waals surface area contributed by atoms with Crippen molar-refractivity contribution in [2.24, 2.45) is 5.73 Å². The van der Waals surface area contributed by atoms with Crippen LogP contribution in [0.5, 0.6) is 5.75 Å². The van der Waals surface area contributed by atoms with Crippen LogP contribution in [0.25, 0.3) is 0 Å². The summed E-state index contributed by atoms with van der Waals surface area (Å²) in [5.41, 5.74) is 6.36. The number of ether oxygens (including phenoxy) is 2. The number of carbonyl (C=O) groups excluding carboxylic acids is 1. The van der Waals surface area contributed by atoms with E-state index in [1.165, 1.54) is 19.2 Å². The Morgan fingerprint density at radius 1 is 1.53 bits per heavy atom. The first-order valence-electron chi connectivity index (χ1n) is 5.27. The molecule has 0 aliphatic heterocycles. The fraction of sp³-hybridized carbons (Fsp3) is 0.417. The van der Waals surface area contributed by atoms with Gasteiger partial charge in [-0.25, -0.2) is 4.39 Å². The van der Waals surface area contributed by atoms with Gasteiger partial charge < -0.3 is 15.2 Å². The number of halogens is 1. The molecule has 94 valence electrons. The maximum absolute atomic E-state index is 12.9. The van der Waals surface area contributed by atoms with E-state index < -0.39 is 12.0 Å². The number of methoxy groups -OCH3 is 1. The van der Waals surface area contributed by atoms with Crippen molar-refractivity contribution < 1.29 is 18.7 Å². The van der Waals surface area contributed by atoms with Crippen LogP contribution in [0.3, 0.4) is 0 Å². The molecule has 0 aliphatic rings. The summed E-state index contributed by atoms with van der Waals surface area (Å²) in [6, 6.07) is 3.58. The van der Waals surface area contributed by atoms with Crippen LogP contribution in [0.2, 0.25) is 0 Å². The quantitative estimate of drug-likeness (QED) is 0.792. The molecule has 0 saturated carbocycles. The van der Waals surface area contributed by atoms with Gasteiger partial charge in [-0.1, -0.05) is 6.07 Å². The highest BCUT2D eigenvalue weighted by atomic mass is 19.1. The van der Waals surface area contributed by atoms with E-state index in [0.717, 1.165) is 5.56 Å². The van der Waals surface area contributed by atoms with Gasteiger partial charge in [0.1, 0.15) is 17.6 Å². The topological polar surface area (TPSA) is 61.5 Å². The summed E-state index contributed by atoms with van der Waals surface area (Å²) in [6.45, 7) is 2.05. The molecular weight excluding hydrogens is 225 g/mol. The lowest BCUT2D eigenvalue weighted by atomic mass is 10.2.